The molecular formula is C24H21N7O. The summed E-state index contributed by atoms with van der Waals surface area (Å²) >= 11 is 0. The topological polar surface area (TPSA) is 89.7 Å². The molecule has 0 spiro atoms. The number of carbonyl (C=O) groups excluding carboxylic acids is 1. The average molecular weight is 423 g/mol. The maximum Gasteiger partial charge on any atom is 0.244 e. The molecule has 0 unspecified atom stereocenters. The molecule has 3 heterocycles. The van der Waals surface area contributed by atoms with Crippen molar-refractivity contribution in [2.75, 3.05) is 10.6 Å². The third-order valence-electron chi connectivity index (χ3n) is 5.00. The van der Waals surface area contributed by atoms with Crippen molar-refractivity contribution in [3.8, 4) is 5.82 Å². The number of rotatable bonds is 6. The van der Waals surface area contributed by atoms with Crippen molar-refractivity contribution in [3.05, 3.63) is 91.1 Å². The van der Waals surface area contributed by atoms with Gasteiger partial charge < -0.3 is 15.2 Å². The van der Waals surface area contributed by atoms with Gasteiger partial charge >= 0.3 is 0 Å². The Morgan fingerprint density at radius 2 is 1.75 bits per heavy atom. The van der Waals surface area contributed by atoms with Crippen LogP contribution in [0.4, 0.5) is 17.2 Å². The van der Waals surface area contributed by atoms with Crippen LogP contribution in [-0.2, 0) is 11.3 Å². The zero-order valence-electron chi connectivity index (χ0n) is 17.4. The van der Waals surface area contributed by atoms with E-state index in [1.54, 1.807) is 10.9 Å². The molecular weight excluding hydrogens is 402 g/mol. The number of para-hydroxylation sites is 1. The number of hydrogen-bond acceptors (Lipinski definition) is 5. The van der Waals surface area contributed by atoms with E-state index in [1.165, 1.54) is 0 Å². The van der Waals surface area contributed by atoms with E-state index in [2.05, 4.69) is 25.7 Å². The number of aromatic nitrogens is 5. The number of fused-ring (bicyclic) bond motifs is 1. The van der Waals surface area contributed by atoms with Crippen LogP contribution in [0.3, 0.4) is 0 Å². The van der Waals surface area contributed by atoms with Crippen molar-refractivity contribution in [3.63, 3.8) is 0 Å². The highest BCUT2D eigenvalue weighted by Crippen LogP contribution is 2.20. The minimum absolute atomic E-state index is 0.0812. The summed E-state index contributed by atoms with van der Waals surface area (Å²) in [6.07, 6.45) is 5.47. The van der Waals surface area contributed by atoms with Gasteiger partial charge in [0.2, 0.25) is 5.91 Å². The number of carbonyl (C=O) groups is 1. The van der Waals surface area contributed by atoms with Crippen LogP contribution in [0.25, 0.3) is 16.7 Å². The number of aryl methyl sites for hydroxylation is 1. The van der Waals surface area contributed by atoms with Crippen molar-refractivity contribution >= 4 is 34.0 Å². The lowest BCUT2D eigenvalue weighted by atomic mass is 10.2. The fourth-order valence-electron chi connectivity index (χ4n) is 3.56. The van der Waals surface area contributed by atoms with Gasteiger partial charge in [-0.25, -0.2) is 14.6 Å². The standard InChI is InChI=1S/C24H21N7O/c1-17-26-22(15-23(27-17)31-13-4-12-25-31)28-19-7-9-20(10-8-19)29-24(32)16-30-14-11-18-5-2-3-6-21(18)30/h2-15H,16H2,1H3,(H,29,32)(H,26,27,28). The van der Waals surface area contributed by atoms with E-state index in [1.807, 2.05) is 90.6 Å². The summed E-state index contributed by atoms with van der Waals surface area (Å²) in [4.78, 5) is 21.4. The molecule has 0 radical (unpaired) electrons. The van der Waals surface area contributed by atoms with Crippen LogP contribution in [0.5, 0.6) is 0 Å². The summed E-state index contributed by atoms with van der Waals surface area (Å²) in [7, 11) is 0. The summed E-state index contributed by atoms with van der Waals surface area (Å²) in [6, 6.07) is 21.2. The van der Waals surface area contributed by atoms with Gasteiger partial charge in [-0.1, -0.05) is 18.2 Å². The maximum absolute atomic E-state index is 12.5. The zero-order chi connectivity index (χ0) is 21.9. The summed E-state index contributed by atoms with van der Waals surface area (Å²) < 4.78 is 3.63. The third kappa shape index (κ3) is 4.20. The van der Waals surface area contributed by atoms with Crippen molar-refractivity contribution in [1.82, 2.24) is 24.3 Å². The Morgan fingerprint density at radius 3 is 2.56 bits per heavy atom. The van der Waals surface area contributed by atoms with E-state index in [0.29, 0.717) is 17.5 Å². The maximum atomic E-state index is 12.5. The molecule has 1 amide bonds. The summed E-state index contributed by atoms with van der Waals surface area (Å²) in [5, 5.41) is 11.6. The van der Waals surface area contributed by atoms with E-state index in [4.69, 9.17) is 0 Å². The molecule has 0 aliphatic rings. The fourth-order valence-corrected chi connectivity index (χ4v) is 3.56. The molecule has 8 heteroatoms. The number of nitrogens with one attached hydrogen (secondary N) is 2. The minimum Gasteiger partial charge on any atom is -0.340 e. The molecule has 2 aromatic carbocycles. The first-order valence-corrected chi connectivity index (χ1v) is 10.2. The van der Waals surface area contributed by atoms with Gasteiger partial charge in [0.1, 0.15) is 18.2 Å². The second-order valence-corrected chi connectivity index (χ2v) is 7.36. The molecule has 0 saturated carbocycles. The van der Waals surface area contributed by atoms with Gasteiger partial charge in [0.05, 0.1) is 0 Å². The smallest absolute Gasteiger partial charge is 0.244 e. The van der Waals surface area contributed by atoms with Crippen molar-refractivity contribution in [2.45, 2.75) is 13.5 Å². The Bertz CT molecular complexity index is 1370. The second-order valence-electron chi connectivity index (χ2n) is 7.36. The largest absolute Gasteiger partial charge is 0.340 e. The number of hydrogen-bond donors (Lipinski definition) is 2. The fraction of sp³-hybridized carbons (Fsp3) is 0.0833. The van der Waals surface area contributed by atoms with Crippen LogP contribution < -0.4 is 10.6 Å². The average Bonchev–Trinajstić information content (AvgIpc) is 3.46. The van der Waals surface area contributed by atoms with Crippen LogP contribution >= 0.6 is 0 Å². The Balaban J connectivity index is 1.25. The molecule has 5 aromatic rings. The van der Waals surface area contributed by atoms with Gasteiger partial charge in [0.25, 0.3) is 0 Å². The van der Waals surface area contributed by atoms with Gasteiger partial charge in [-0.05, 0) is 54.8 Å². The van der Waals surface area contributed by atoms with Crippen molar-refractivity contribution < 1.29 is 4.79 Å². The first-order chi connectivity index (χ1) is 15.6. The predicted octanol–water partition coefficient (Wildman–Crippen LogP) is 4.31. The lowest BCUT2D eigenvalue weighted by molar-refractivity contribution is -0.116. The first kappa shape index (κ1) is 19.5. The number of benzene rings is 2. The van der Waals surface area contributed by atoms with E-state index < -0.39 is 0 Å². The quantitative estimate of drug-likeness (QED) is 0.425. The molecule has 0 fully saturated rings. The Hall–Kier alpha value is -4.46. The highest BCUT2D eigenvalue weighted by atomic mass is 16.1. The number of anilines is 3. The Kier molecular flexibility index (Phi) is 5.09. The van der Waals surface area contributed by atoms with Gasteiger partial charge in [-0.2, -0.15) is 5.10 Å². The summed E-state index contributed by atoms with van der Waals surface area (Å²) in [5.74, 6) is 1.91. The summed E-state index contributed by atoms with van der Waals surface area (Å²) in [5.41, 5.74) is 2.62. The van der Waals surface area contributed by atoms with E-state index in [0.717, 1.165) is 22.3 Å². The molecule has 3 aromatic heterocycles. The Morgan fingerprint density at radius 1 is 0.938 bits per heavy atom. The van der Waals surface area contributed by atoms with Crippen LogP contribution in [0, 0.1) is 6.92 Å². The van der Waals surface area contributed by atoms with Crippen molar-refractivity contribution in [2.24, 2.45) is 0 Å². The molecule has 5 rings (SSSR count). The molecule has 0 aliphatic heterocycles. The molecule has 0 atom stereocenters. The second kappa shape index (κ2) is 8.35. The van der Waals surface area contributed by atoms with Crippen LogP contribution in [0.15, 0.2) is 85.3 Å². The first-order valence-electron chi connectivity index (χ1n) is 10.2. The third-order valence-corrected chi connectivity index (χ3v) is 5.00. The van der Waals surface area contributed by atoms with Crippen LogP contribution in [-0.4, -0.2) is 30.2 Å². The highest BCUT2D eigenvalue weighted by Gasteiger charge is 2.08. The van der Waals surface area contributed by atoms with E-state index >= 15 is 0 Å². The van der Waals surface area contributed by atoms with Gasteiger partial charge in [-0.3, -0.25) is 4.79 Å². The molecule has 8 nitrogen and oxygen atoms in total. The van der Waals surface area contributed by atoms with Crippen LogP contribution in [0.2, 0.25) is 0 Å². The minimum atomic E-state index is -0.0812. The number of nitrogens with zero attached hydrogens (tertiary/aromatic N) is 5. The molecule has 0 aliphatic carbocycles. The molecule has 32 heavy (non-hydrogen) atoms. The predicted molar refractivity (Wildman–Crippen MR) is 124 cm³/mol. The van der Waals surface area contributed by atoms with Gasteiger partial charge in [0.15, 0.2) is 5.82 Å². The lowest BCUT2D eigenvalue weighted by Gasteiger charge is -2.10. The molecule has 2 N–H and O–H groups in total. The zero-order valence-corrected chi connectivity index (χ0v) is 17.4. The SMILES string of the molecule is Cc1nc(Nc2ccc(NC(=O)Cn3ccc4ccccc43)cc2)cc(-n2cccn2)n1. The number of amides is 1. The van der Waals surface area contributed by atoms with Crippen molar-refractivity contribution in [1.29, 1.82) is 0 Å². The lowest BCUT2D eigenvalue weighted by Crippen LogP contribution is -2.18. The van der Waals surface area contributed by atoms with E-state index in [-0.39, 0.29) is 12.5 Å². The van der Waals surface area contributed by atoms with E-state index in [9.17, 15) is 4.79 Å². The summed E-state index contributed by atoms with van der Waals surface area (Å²) in [6.45, 7) is 2.09. The van der Waals surface area contributed by atoms with Gasteiger partial charge in [-0.15, -0.1) is 0 Å². The molecule has 0 bridgehead atoms. The normalized spacial score (nSPS) is 10.9. The molecule has 158 valence electrons. The highest BCUT2D eigenvalue weighted by molar-refractivity contribution is 5.92. The Labute approximate surface area is 184 Å². The van der Waals surface area contributed by atoms with Gasteiger partial charge in [0, 0.05) is 41.5 Å². The monoisotopic (exact) mass is 423 g/mol. The van der Waals surface area contributed by atoms with Crippen LogP contribution in [0.1, 0.15) is 5.82 Å². The molecule has 0 saturated heterocycles.